The van der Waals surface area contributed by atoms with Gasteiger partial charge in [0.25, 0.3) is 0 Å². The first-order valence-electron chi connectivity index (χ1n) is 16.1. The number of unbranched alkanes of at least 4 members (excludes halogenated alkanes) is 6. The van der Waals surface area contributed by atoms with Crippen LogP contribution in [0.1, 0.15) is 97.4 Å². The largest absolute Gasteiger partial charge is 0.494 e. The average molecular weight is 607 g/mol. The molecule has 44 heavy (non-hydrogen) atoms. The number of fused-ring (bicyclic) bond motifs is 1. The summed E-state index contributed by atoms with van der Waals surface area (Å²) < 4.78 is 28.3. The Bertz CT molecular complexity index is 1210. The van der Waals surface area contributed by atoms with Crippen molar-refractivity contribution in [1.82, 2.24) is 0 Å². The van der Waals surface area contributed by atoms with E-state index in [4.69, 9.17) is 23.7 Å². The second-order valence-corrected chi connectivity index (χ2v) is 11.6. The van der Waals surface area contributed by atoms with E-state index in [2.05, 4.69) is 13.5 Å². The van der Waals surface area contributed by atoms with Gasteiger partial charge in [-0.25, -0.2) is 14.4 Å². The number of hydrogen-bond acceptors (Lipinski definition) is 8. The fourth-order valence-electron chi connectivity index (χ4n) is 5.81. The lowest BCUT2D eigenvalue weighted by Crippen LogP contribution is -2.31. The number of benzene rings is 2. The molecule has 2 aromatic carbocycles. The first-order chi connectivity index (χ1) is 21.5. The molecule has 238 valence electrons. The van der Waals surface area contributed by atoms with Gasteiger partial charge in [0, 0.05) is 12.0 Å². The van der Waals surface area contributed by atoms with Crippen molar-refractivity contribution in [2.45, 2.75) is 95.9 Å². The molecule has 2 aromatic rings. The van der Waals surface area contributed by atoms with E-state index in [1.807, 2.05) is 24.3 Å². The zero-order valence-electron chi connectivity index (χ0n) is 25.9. The van der Waals surface area contributed by atoms with Crippen LogP contribution in [0.5, 0.6) is 5.75 Å². The predicted molar refractivity (Wildman–Crippen MR) is 167 cm³/mol. The van der Waals surface area contributed by atoms with E-state index in [1.54, 1.807) is 24.3 Å². The highest BCUT2D eigenvalue weighted by molar-refractivity contribution is 5.90. The second-order valence-electron chi connectivity index (χ2n) is 11.6. The van der Waals surface area contributed by atoms with E-state index in [0.29, 0.717) is 49.5 Å². The molecule has 1 aliphatic carbocycles. The molecule has 1 aliphatic heterocycles. The number of hydrogen-bond donors (Lipinski definition) is 0. The Morgan fingerprint density at radius 2 is 1.43 bits per heavy atom. The smallest absolute Gasteiger partial charge is 0.338 e. The molecule has 4 atom stereocenters. The van der Waals surface area contributed by atoms with E-state index < -0.39 is 11.9 Å². The SMILES string of the molecule is C=CC(=O)OCCCCOc1ccc(C(=O)O[C@H]2CC[C@H]3[C@@H]2OC[C@H]3OC(=O)c2ccc(CCCCCCCC)cc2)cc1. The third-order valence-electron chi connectivity index (χ3n) is 8.34. The van der Waals surface area contributed by atoms with Crippen molar-refractivity contribution < 1.29 is 38.1 Å². The molecule has 0 amide bonds. The summed E-state index contributed by atoms with van der Waals surface area (Å²) in [6.07, 6.45) is 11.5. The van der Waals surface area contributed by atoms with E-state index in [0.717, 1.165) is 25.3 Å². The second kappa shape index (κ2) is 17.6. The molecule has 0 radical (unpaired) electrons. The van der Waals surface area contributed by atoms with Crippen LogP contribution in [-0.2, 0) is 30.2 Å². The maximum absolute atomic E-state index is 12.9. The molecular formula is C36H46O8. The van der Waals surface area contributed by atoms with Crippen LogP contribution >= 0.6 is 0 Å². The summed E-state index contributed by atoms with van der Waals surface area (Å²) in [4.78, 5) is 36.8. The van der Waals surface area contributed by atoms with Crippen molar-refractivity contribution in [3.8, 4) is 5.75 Å². The zero-order chi connectivity index (χ0) is 31.1. The van der Waals surface area contributed by atoms with Gasteiger partial charge in [0.15, 0.2) is 0 Å². The lowest BCUT2D eigenvalue weighted by atomic mass is 10.0. The Labute approximate surface area is 261 Å². The van der Waals surface area contributed by atoms with Crippen LogP contribution in [0.2, 0.25) is 0 Å². The number of carbonyl (C=O) groups excluding carboxylic acids is 3. The predicted octanol–water partition coefficient (Wildman–Crippen LogP) is 7.04. The Balaban J connectivity index is 1.16. The van der Waals surface area contributed by atoms with Crippen LogP contribution in [-0.4, -0.2) is 56.0 Å². The third kappa shape index (κ3) is 9.94. The average Bonchev–Trinajstić information content (AvgIpc) is 3.63. The number of esters is 3. The van der Waals surface area contributed by atoms with Gasteiger partial charge in [-0.2, -0.15) is 0 Å². The van der Waals surface area contributed by atoms with Crippen molar-refractivity contribution in [3.63, 3.8) is 0 Å². The number of rotatable bonds is 18. The van der Waals surface area contributed by atoms with Crippen LogP contribution in [0, 0.1) is 5.92 Å². The standard InChI is InChI=1S/C36H46O8/c1-3-5-6-7-8-9-12-26-13-15-27(16-14-26)36(39)44-32-25-42-34-30(32)21-22-31(34)43-35(38)28-17-19-29(20-18-28)40-23-10-11-24-41-33(37)4-2/h4,13-20,30-32,34H,2-3,5-12,21-25H2,1H3/t30-,31+,32-,34+/m1/s1. The van der Waals surface area contributed by atoms with Crippen molar-refractivity contribution >= 4 is 17.9 Å². The highest BCUT2D eigenvalue weighted by atomic mass is 16.6. The molecule has 8 nitrogen and oxygen atoms in total. The molecule has 4 rings (SSSR count). The maximum atomic E-state index is 12.9. The van der Waals surface area contributed by atoms with Crippen molar-refractivity contribution in [3.05, 3.63) is 77.9 Å². The van der Waals surface area contributed by atoms with E-state index in [9.17, 15) is 14.4 Å². The van der Waals surface area contributed by atoms with E-state index in [1.165, 1.54) is 44.1 Å². The van der Waals surface area contributed by atoms with Gasteiger partial charge in [0.2, 0.25) is 0 Å². The Morgan fingerprint density at radius 3 is 2.14 bits per heavy atom. The normalized spacial score (nSPS) is 20.5. The minimum Gasteiger partial charge on any atom is -0.494 e. The van der Waals surface area contributed by atoms with Crippen molar-refractivity contribution in [2.75, 3.05) is 19.8 Å². The molecule has 1 saturated carbocycles. The maximum Gasteiger partial charge on any atom is 0.338 e. The van der Waals surface area contributed by atoms with Gasteiger partial charge < -0.3 is 23.7 Å². The lowest BCUT2D eigenvalue weighted by Gasteiger charge is -2.19. The molecular weight excluding hydrogens is 560 g/mol. The highest BCUT2D eigenvalue weighted by Gasteiger charge is 2.49. The van der Waals surface area contributed by atoms with Crippen molar-refractivity contribution in [1.29, 1.82) is 0 Å². The molecule has 0 N–H and O–H groups in total. The third-order valence-corrected chi connectivity index (χ3v) is 8.34. The topological polar surface area (TPSA) is 97.4 Å². The minimum atomic E-state index is -0.431. The van der Waals surface area contributed by atoms with Crippen LogP contribution < -0.4 is 4.74 Å². The fourth-order valence-corrected chi connectivity index (χ4v) is 5.81. The van der Waals surface area contributed by atoms with E-state index in [-0.39, 0.29) is 30.2 Å². The summed E-state index contributed by atoms with van der Waals surface area (Å²) in [5.41, 5.74) is 2.21. The van der Waals surface area contributed by atoms with Crippen LogP contribution in [0.15, 0.2) is 61.2 Å². The number of ether oxygens (including phenoxy) is 5. The lowest BCUT2D eigenvalue weighted by molar-refractivity contribution is -0.137. The van der Waals surface area contributed by atoms with Gasteiger partial charge in [0.05, 0.1) is 30.9 Å². The van der Waals surface area contributed by atoms with Gasteiger partial charge >= 0.3 is 17.9 Å². The molecule has 2 fully saturated rings. The van der Waals surface area contributed by atoms with Crippen molar-refractivity contribution in [2.24, 2.45) is 5.92 Å². The first-order valence-corrected chi connectivity index (χ1v) is 16.1. The molecule has 0 aromatic heterocycles. The molecule has 1 heterocycles. The summed E-state index contributed by atoms with van der Waals surface area (Å²) in [6.45, 7) is 6.67. The minimum absolute atomic E-state index is 0.000187. The zero-order valence-corrected chi connectivity index (χ0v) is 25.9. The van der Waals surface area contributed by atoms with Gasteiger partial charge in [-0.1, -0.05) is 57.7 Å². The van der Waals surface area contributed by atoms with Crippen LogP contribution in [0.4, 0.5) is 0 Å². The first kappa shape index (κ1) is 33.2. The Morgan fingerprint density at radius 1 is 0.795 bits per heavy atom. The molecule has 1 saturated heterocycles. The molecule has 8 heteroatoms. The van der Waals surface area contributed by atoms with Gasteiger partial charge in [-0.05, 0) is 80.5 Å². The van der Waals surface area contributed by atoms with Crippen LogP contribution in [0.3, 0.4) is 0 Å². The number of aryl methyl sites for hydroxylation is 1. The van der Waals surface area contributed by atoms with Gasteiger partial charge in [-0.15, -0.1) is 0 Å². The molecule has 2 aliphatic rings. The van der Waals surface area contributed by atoms with Crippen LogP contribution in [0.25, 0.3) is 0 Å². The summed E-state index contributed by atoms with van der Waals surface area (Å²) in [6, 6.07) is 14.6. The Kier molecular flexibility index (Phi) is 13.3. The monoisotopic (exact) mass is 606 g/mol. The Hall–Kier alpha value is -3.65. The molecule has 0 bridgehead atoms. The summed E-state index contributed by atoms with van der Waals surface area (Å²) in [7, 11) is 0. The quantitative estimate of drug-likeness (QED) is 0.0772. The molecule has 0 unspecified atom stereocenters. The number of carbonyl (C=O) groups is 3. The highest BCUT2D eigenvalue weighted by Crippen LogP contribution is 2.40. The van der Waals surface area contributed by atoms with E-state index >= 15 is 0 Å². The summed E-state index contributed by atoms with van der Waals surface area (Å²) >= 11 is 0. The summed E-state index contributed by atoms with van der Waals surface area (Å²) in [5.74, 6) is -0.554. The fraction of sp³-hybridized carbons (Fsp3) is 0.528. The van der Waals surface area contributed by atoms with Gasteiger partial charge in [0.1, 0.15) is 24.1 Å². The van der Waals surface area contributed by atoms with Gasteiger partial charge in [-0.3, -0.25) is 0 Å². The summed E-state index contributed by atoms with van der Waals surface area (Å²) in [5, 5.41) is 0. The molecule has 0 spiro atoms.